The van der Waals surface area contributed by atoms with Crippen molar-refractivity contribution in [3.63, 3.8) is 0 Å². The maximum absolute atomic E-state index is 14.9. The molecule has 3 aliphatic rings. The minimum atomic E-state index is -4.84. The number of nitrogens with two attached hydrogens (primary N) is 1. The summed E-state index contributed by atoms with van der Waals surface area (Å²) in [6.45, 7) is 8.06. The zero-order valence-corrected chi connectivity index (χ0v) is 25.3. The molecule has 3 heterocycles. The quantitative estimate of drug-likeness (QED) is 0.192. The number of anilines is 1. The Morgan fingerprint density at radius 1 is 1.21 bits per heavy atom. The highest BCUT2D eigenvalue weighted by Gasteiger charge is 2.41. The molecule has 0 spiro atoms. The molecule has 2 amide bonds. The molecule has 1 saturated heterocycles. The molecule has 1 aliphatic carbocycles. The summed E-state index contributed by atoms with van der Waals surface area (Å²) >= 11 is 2.12. The average molecular weight is 635 g/mol. The first-order chi connectivity index (χ1) is 20.3. The molecule has 14 heteroatoms. The summed E-state index contributed by atoms with van der Waals surface area (Å²) in [7, 11) is 0. The van der Waals surface area contributed by atoms with E-state index < -0.39 is 17.6 Å². The molecule has 43 heavy (non-hydrogen) atoms. The number of halogens is 3. The molecule has 0 radical (unpaired) electrons. The Hall–Kier alpha value is -3.36. The Balaban J connectivity index is 1.67. The first-order valence-electron chi connectivity index (χ1n) is 13.9. The molecular weight excluding hydrogens is 601 g/mol. The normalized spacial score (nSPS) is 22.3. The molecule has 3 atom stereocenters. The molecule has 2 aliphatic heterocycles. The van der Waals surface area contributed by atoms with E-state index in [2.05, 4.69) is 11.9 Å². The largest absolute Gasteiger partial charge is 0.417 e. The number of hydrogen-bond donors (Lipinski definition) is 4. The highest BCUT2D eigenvalue weighted by molar-refractivity contribution is 7.99. The molecule has 9 nitrogen and oxygen atoms in total. The van der Waals surface area contributed by atoms with Crippen molar-refractivity contribution in [2.24, 2.45) is 5.73 Å². The van der Waals surface area contributed by atoms with Crippen LogP contribution in [0, 0.1) is 10.8 Å². The van der Waals surface area contributed by atoms with Gasteiger partial charge in [-0.3, -0.25) is 15.0 Å². The number of thioether (sulfide) groups is 1. The number of amides is 2. The second-order valence-corrected chi connectivity index (χ2v) is 12.9. The molecule has 0 bridgehead atoms. The van der Waals surface area contributed by atoms with E-state index in [-0.39, 0.29) is 81.2 Å². The Labute approximate surface area is 255 Å². The third-order valence-corrected chi connectivity index (χ3v) is 10.0. The Bertz CT molecular complexity index is 1480. The highest BCUT2D eigenvalue weighted by atomic mass is 32.2. The van der Waals surface area contributed by atoms with Crippen LogP contribution in [0.5, 0.6) is 0 Å². The van der Waals surface area contributed by atoms with Crippen molar-refractivity contribution in [1.82, 2.24) is 9.80 Å². The van der Waals surface area contributed by atoms with Crippen LogP contribution in [0.15, 0.2) is 29.0 Å². The van der Waals surface area contributed by atoms with E-state index in [1.54, 1.807) is 9.80 Å². The SMILES string of the molecule is C=CC(=O)N1[C@H](C)CN(C(=N)c2cc(C(F)(F)F)c(-c3scc(C=N)c3C(N)=O)c3c2NCC(OC2CC2)CS3)C[C@@H]1C. The molecule has 5 N–H and O–H groups in total. The number of nitrogens with one attached hydrogen (secondary N) is 3. The Morgan fingerprint density at radius 2 is 1.88 bits per heavy atom. The predicted octanol–water partition coefficient (Wildman–Crippen LogP) is 5.03. The molecular formula is C29H33F3N6O3S2. The lowest BCUT2D eigenvalue weighted by Gasteiger charge is -2.45. The van der Waals surface area contributed by atoms with Crippen LogP contribution in [-0.4, -0.2) is 83.3 Å². The summed E-state index contributed by atoms with van der Waals surface area (Å²) in [5, 5.41) is 21.6. The van der Waals surface area contributed by atoms with Crippen LogP contribution >= 0.6 is 23.1 Å². The van der Waals surface area contributed by atoms with Gasteiger partial charge in [0.2, 0.25) is 5.91 Å². The van der Waals surface area contributed by atoms with E-state index in [1.807, 2.05) is 13.8 Å². The van der Waals surface area contributed by atoms with Gasteiger partial charge in [0.25, 0.3) is 5.91 Å². The number of hydrogen-bond acceptors (Lipinski definition) is 8. The van der Waals surface area contributed by atoms with Crippen molar-refractivity contribution < 1.29 is 27.5 Å². The third kappa shape index (κ3) is 6.04. The molecule has 5 rings (SSSR count). The van der Waals surface area contributed by atoms with Crippen LogP contribution in [0.4, 0.5) is 18.9 Å². The summed E-state index contributed by atoms with van der Waals surface area (Å²) in [5.41, 5.74) is 4.86. The average Bonchev–Trinajstić information content (AvgIpc) is 3.70. The topological polar surface area (TPSA) is 136 Å². The van der Waals surface area contributed by atoms with Crippen LogP contribution in [-0.2, 0) is 15.7 Å². The zero-order chi connectivity index (χ0) is 31.2. The van der Waals surface area contributed by atoms with Gasteiger partial charge in [0.05, 0.1) is 29.0 Å². The first kappa shape index (κ1) is 31.1. The van der Waals surface area contributed by atoms with Crippen LogP contribution in [0.3, 0.4) is 0 Å². The van der Waals surface area contributed by atoms with Gasteiger partial charge in [0.1, 0.15) is 5.84 Å². The molecule has 1 unspecified atom stereocenters. The van der Waals surface area contributed by atoms with Gasteiger partial charge in [0, 0.05) is 75.5 Å². The van der Waals surface area contributed by atoms with Crippen molar-refractivity contribution in [3.05, 3.63) is 46.4 Å². The number of carbonyl (C=O) groups excluding carboxylic acids is 2. The third-order valence-electron chi connectivity index (χ3n) is 7.78. The van der Waals surface area contributed by atoms with Gasteiger partial charge in [-0.15, -0.1) is 23.1 Å². The number of carbonyl (C=O) groups is 2. The maximum atomic E-state index is 14.9. The molecule has 2 aromatic rings. The fraction of sp³-hybridized carbons (Fsp3) is 0.448. The van der Waals surface area contributed by atoms with Crippen LogP contribution in [0.1, 0.15) is 53.7 Å². The number of amidine groups is 1. The van der Waals surface area contributed by atoms with Crippen molar-refractivity contribution in [1.29, 1.82) is 10.8 Å². The van der Waals surface area contributed by atoms with E-state index in [1.165, 1.54) is 23.2 Å². The number of ether oxygens (including phenoxy) is 1. The fourth-order valence-corrected chi connectivity index (χ4v) is 8.15. The van der Waals surface area contributed by atoms with Gasteiger partial charge >= 0.3 is 6.18 Å². The number of rotatable bonds is 7. The summed E-state index contributed by atoms with van der Waals surface area (Å²) in [6.07, 6.45) is -0.975. The number of benzene rings is 1. The number of thiophene rings is 1. The van der Waals surface area contributed by atoms with Gasteiger partial charge < -0.3 is 31.0 Å². The van der Waals surface area contributed by atoms with Crippen LogP contribution in [0.2, 0.25) is 0 Å². The highest BCUT2D eigenvalue weighted by Crippen LogP contribution is 2.51. The summed E-state index contributed by atoms with van der Waals surface area (Å²) in [4.78, 5) is 28.6. The maximum Gasteiger partial charge on any atom is 0.417 e. The number of alkyl halides is 3. The second-order valence-electron chi connectivity index (χ2n) is 11.0. The van der Waals surface area contributed by atoms with Gasteiger partial charge in [-0.2, -0.15) is 13.2 Å². The summed E-state index contributed by atoms with van der Waals surface area (Å²) in [6, 6.07) is 0.353. The van der Waals surface area contributed by atoms with Gasteiger partial charge in [-0.1, -0.05) is 6.58 Å². The van der Waals surface area contributed by atoms with Crippen molar-refractivity contribution in [3.8, 4) is 10.4 Å². The second kappa shape index (κ2) is 12.0. The summed E-state index contributed by atoms with van der Waals surface area (Å²) < 4.78 is 50.9. The minimum Gasteiger partial charge on any atom is -0.381 e. The van der Waals surface area contributed by atoms with Gasteiger partial charge in [-0.25, -0.2) is 0 Å². The van der Waals surface area contributed by atoms with Crippen molar-refractivity contribution >= 4 is 52.7 Å². The number of primary amides is 1. The lowest BCUT2D eigenvalue weighted by Crippen LogP contribution is -2.59. The van der Waals surface area contributed by atoms with E-state index in [4.69, 9.17) is 15.9 Å². The standard InChI is InChI=1S/C29H33F3N6O3S2/c1-4-21(39)38-14(2)10-37(11-15(38)3)27(34)19-7-20(29(30,31)32)23(25-22(28(35)40)16(8-33)12-42-25)26-24(19)36-9-18(13-43-26)41-17-5-6-17/h4,7-8,12,14-15,17-18,33-34,36H,1,5-6,9-11,13H2,2-3H3,(H2,35,40)/t14-,15+,18?. The lowest BCUT2D eigenvalue weighted by atomic mass is 9.95. The van der Waals surface area contributed by atoms with E-state index in [9.17, 15) is 28.2 Å². The van der Waals surface area contributed by atoms with Crippen molar-refractivity contribution in [2.75, 3.05) is 30.7 Å². The van der Waals surface area contributed by atoms with E-state index in [0.717, 1.165) is 36.5 Å². The lowest BCUT2D eigenvalue weighted by molar-refractivity contribution is -0.137. The number of nitrogens with zero attached hydrogens (tertiary/aromatic N) is 2. The molecule has 1 aromatic heterocycles. The Kier molecular flexibility index (Phi) is 8.65. The molecule has 2 fully saturated rings. The van der Waals surface area contributed by atoms with Gasteiger partial charge in [-0.05, 0) is 38.8 Å². The fourth-order valence-electron chi connectivity index (χ4n) is 5.76. The molecule has 1 aromatic carbocycles. The van der Waals surface area contributed by atoms with E-state index >= 15 is 0 Å². The van der Waals surface area contributed by atoms with Crippen molar-refractivity contribution in [2.45, 2.75) is 62.1 Å². The monoisotopic (exact) mass is 634 g/mol. The zero-order valence-electron chi connectivity index (χ0n) is 23.7. The minimum absolute atomic E-state index is 0.0299. The van der Waals surface area contributed by atoms with Crippen LogP contribution < -0.4 is 11.1 Å². The number of piperazine rings is 1. The predicted molar refractivity (Wildman–Crippen MR) is 163 cm³/mol. The molecule has 230 valence electrons. The van der Waals surface area contributed by atoms with Gasteiger partial charge in [0.15, 0.2) is 0 Å². The molecule has 1 saturated carbocycles. The first-order valence-corrected chi connectivity index (χ1v) is 15.7. The summed E-state index contributed by atoms with van der Waals surface area (Å²) in [5.74, 6) is -0.907. The number of fused-ring (bicyclic) bond motifs is 1. The Morgan fingerprint density at radius 3 is 2.44 bits per heavy atom. The van der Waals surface area contributed by atoms with Crippen LogP contribution in [0.25, 0.3) is 10.4 Å². The smallest absolute Gasteiger partial charge is 0.381 e. The van der Waals surface area contributed by atoms with E-state index in [0.29, 0.717) is 18.0 Å².